The van der Waals surface area contributed by atoms with E-state index in [0.29, 0.717) is 12.1 Å². The number of nitrogens with one attached hydrogen (secondary N) is 1. The first-order valence-corrected chi connectivity index (χ1v) is 6.66. The molecule has 1 amide bonds. The smallest absolute Gasteiger partial charge is 0.305 e. The summed E-state index contributed by atoms with van der Waals surface area (Å²) in [6, 6.07) is 3.25. The van der Waals surface area contributed by atoms with Crippen LogP contribution in [0.5, 0.6) is 0 Å². The van der Waals surface area contributed by atoms with Crippen LogP contribution in [0.25, 0.3) is 0 Å². The summed E-state index contributed by atoms with van der Waals surface area (Å²) in [4.78, 5) is 22.3. The Hall–Kier alpha value is -2.11. The lowest BCUT2D eigenvalue weighted by Crippen LogP contribution is -2.29. The second kappa shape index (κ2) is 6.56. The molecule has 0 radical (unpaired) electrons. The molecule has 1 atom stereocenters. The van der Waals surface area contributed by atoms with Crippen molar-refractivity contribution in [3.8, 4) is 0 Å². The Morgan fingerprint density at radius 1 is 1.38 bits per heavy atom. The number of hydrogen-bond acceptors (Lipinski definition) is 3. The third-order valence-corrected chi connectivity index (χ3v) is 2.89. The second-order valence-electron chi connectivity index (χ2n) is 6.26. The van der Waals surface area contributed by atoms with Crippen molar-refractivity contribution < 1.29 is 19.1 Å². The van der Waals surface area contributed by atoms with Crippen molar-refractivity contribution in [1.29, 1.82) is 0 Å². The molecule has 1 aromatic carbocycles. The van der Waals surface area contributed by atoms with Gasteiger partial charge in [0.05, 0.1) is 12.0 Å². The second-order valence-corrected chi connectivity index (χ2v) is 6.26. The van der Waals surface area contributed by atoms with Crippen LogP contribution in [-0.4, -0.2) is 23.0 Å². The standard InChI is InChI=1S/C15H21FN2O3/c1-15(2,3)8-10(7-13(19)20)18-12-5-4-9(16)6-11(12)14(17)21/h4-6,10,18H,7-8H2,1-3H3,(H2,17,21)(H,19,20). The Kier molecular flexibility index (Phi) is 5.29. The van der Waals surface area contributed by atoms with E-state index in [1.54, 1.807) is 0 Å². The molecule has 0 heterocycles. The third-order valence-electron chi connectivity index (χ3n) is 2.89. The molecule has 0 saturated carbocycles. The van der Waals surface area contributed by atoms with E-state index in [4.69, 9.17) is 10.8 Å². The fraction of sp³-hybridized carbons (Fsp3) is 0.467. The Morgan fingerprint density at radius 3 is 2.48 bits per heavy atom. The highest BCUT2D eigenvalue weighted by Crippen LogP contribution is 2.26. The molecule has 4 N–H and O–H groups in total. The SMILES string of the molecule is CC(C)(C)CC(CC(=O)O)Nc1ccc(F)cc1C(N)=O. The van der Waals surface area contributed by atoms with Gasteiger partial charge < -0.3 is 16.2 Å². The Bertz CT molecular complexity index is 538. The number of hydrogen-bond donors (Lipinski definition) is 3. The van der Waals surface area contributed by atoms with Crippen molar-refractivity contribution in [3.05, 3.63) is 29.6 Å². The fourth-order valence-electron chi connectivity index (χ4n) is 2.19. The van der Waals surface area contributed by atoms with Gasteiger partial charge in [0.15, 0.2) is 0 Å². The number of benzene rings is 1. The average molecular weight is 296 g/mol. The monoisotopic (exact) mass is 296 g/mol. The van der Waals surface area contributed by atoms with E-state index in [9.17, 15) is 14.0 Å². The normalized spacial score (nSPS) is 12.8. The summed E-state index contributed by atoms with van der Waals surface area (Å²) in [5, 5.41) is 12.0. The van der Waals surface area contributed by atoms with Crippen LogP contribution >= 0.6 is 0 Å². The highest BCUT2D eigenvalue weighted by molar-refractivity contribution is 5.98. The summed E-state index contributed by atoms with van der Waals surface area (Å²) in [6.07, 6.45) is 0.474. The first-order chi connectivity index (χ1) is 9.58. The average Bonchev–Trinajstić information content (AvgIpc) is 2.28. The molecule has 5 nitrogen and oxygen atoms in total. The number of amides is 1. The lowest BCUT2D eigenvalue weighted by molar-refractivity contribution is -0.137. The fourth-order valence-corrected chi connectivity index (χ4v) is 2.19. The number of anilines is 1. The molecule has 0 aliphatic heterocycles. The van der Waals surface area contributed by atoms with E-state index in [-0.39, 0.29) is 23.4 Å². The Balaban J connectivity index is 3.02. The number of carboxylic acid groups (broad SMARTS) is 1. The topological polar surface area (TPSA) is 92.4 Å². The minimum atomic E-state index is -0.945. The number of nitrogens with two attached hydrogens (primary N) is 1. The molecule has 0 aliphatic carbocycles. The van der Waals surface area contributed by atoms with E-state index < -0.39 is 17.7 Å². The van der Waals surface area contributed by atoms with Gasteiger partial charge in [-0.3, -0.25) is 9.59 Å². The highest BCUT2D eigenvalue weighted by Gasteiger charge is 2.22. The van der Waals surface area contributed by atoms with Gasteiger partial charge in [-0.05, 0) is 30.0 Å². The molecule has 0 aliphatic rings. The van der Waals surface area contributed by atoms with Gasteiger partial charge in [-0.25, -0.2) is 4.39 Å². The minimum Gasteiger partial charge on any atom is -0.481 e. The summed E-state index contributed by atoms with van der Waals surface area (Å²) in [6.45, 7) is 5.97. The zero-order valence-electron chi connectivity index (χ0n) is 12.4. The summed E-state index contributed by atoms with van der Waals surface area (Å²) >= 11 is 0. The van der Waals surface area contributed by atoms with Crippen LogP contribution < -0.4 is 11.1 Å². The van der Waals surface area contributed by atoms with Gasteiger partial charge in [0.2, 0.25) is 0 Å². The number of carboxylic acids is 1. The summed E-state index contributed by atoms with van der Waals surface area (Å²) in [5.74, 6) is -2.28. The van der Waals surface area contributed by atoms with Crippen molar-refractivity contribution in [2.45, 2.75) is 39.7 Å². The Labute approximate surface area is 123 Å². The predicted molar refractivity (Wildman–Crippen MR) is 78.7 cm³/mol. The summed E-state index contributed by atoms with van der Waals surface area (Å²) < 4.78 is 13.2. The maximum Gasteiger partial charge on any atom is 0.305 e. The molecular formula is C15H21FN2O3. The van der Waals surface area contributed by atoms with Crippen molar-refractivity contribution in [3.63, 3.8) is 0 Å². The van der Waals surface area contributed by atoms with Gasteiger partial charge in [0.25, 0.3) is 5.91 Å². The van der Waals surface area contributed by atoms with Crippen molar-refractivity contribution in [2.24, 2.45) is 11.1 Å². The van der Waals surface area contributed by atoms with E-state index in [0.717, 1.165) is 6.07 Å². The molecule has 21 heavy (non-hydrogen) atoms. The number of carbonyl (C=O) groups is 2. The van der Waals surface area contributed by atoms with Gasteiger partial charge in [0, 0.05) is 11.7 Å². The van der Waals surface area contributed by atoms with Crippen LogP contribution in [0.1, 0.15) is 44.0 Å². The van der Waals surface area contributed by atoms with Crippen molar-refractivity contribution >= 4 is 17.6 Å². The van der Waals surface area contributed by atoms with Crippen molar-refractivity contribution in [1.82, 2.24) is 0 Å². The maximum atomic E-state index is 13.2. The van der Waals surface area contributed by atoms with Gasteiger partial charge in [0.1, 0.15) is 5.82 Å². The number of rotatable bonds is 6. The maximum absolute atomic E-state index is 13.2. The molecule has 0 saturated heterocycles. The van der Waals surface area contributed by atoms with Crippen LogP contribution in [0.2, 0.25) is 0 Å². The molecule has 1 rings (SSSR count). The van der Waals surface area contributed by atoms with E-state index in [2.05, 4.69) is 5.32 Å². The molecule has 1 aromatic rings. The number of aliphatic carboxylic acids is 1. The highest BCUT2D eigenvalue weighted by atomic mass is 19.1. The van der Waals surface area contributed by atoms with E-state index >= 15 is 0 Å². The molecule has 1 unspecified atom stereocenters. The van der Waals surface area contributed by atoms with Gasteiger partial charge in [-0.1, -0.05) is 20.8 Å². The lowest BCUT2D eigenvalue weighted by atomic mass is 9.87. The van der Waals surface area contributed by atoms with Crippen molar-refractivity contribution in [2.75, 3.05) is 5.32 Å². The first-order valence-electron chi connectivity index (χ1n) is 6.66. The first kappa shape index (κ1) is 16.9. The zero-order chi connectivity index (χ0) is 16.2. The molecule has 6 heteroatoms. The predicted octanol–water partition coefficient (Wildman–Crippen LogP) is 2.62. The van der Waals surface area contributed by atoms with Gasteiger partial charge in [-0.2, -0.15) is 0 Å². The molecule has 0 aromatic heterocycles. The van der Waals surface area contributed by atoms with Crippen LogP contribution in [0.4, 0.5) is 10.1 Å². The van der Waals surface area contributed by atoms with Gasteiger partial charge >= 0.3 is 5.97 Å². The number of primary amides is 1. The van der Waals surface area contributed by atoms with Crippen LogP contribution in [0, 0.1) is 11.2 Å². The van der Waals surface area contributed by atoms with Crippen LogP contribution in [0.15, 0.2) is 18.2 Å². The molecule has 0 bridgehead atoms. The van der Waals surface area contributed by atoms with Crippen LogP contribution in [-0.2, 0) is 4.79 Å². The zero-order valence-corrected chi connectivity index (χ0v) is 12.4. The third kappa shape index (κ3) is 5.81. The van der Waals surface area contributed by atoms with Crippen LogP contribution in [0.3, 0.4) is 0 Å². The molecule has 116 valence electrons. The summed E-state index contributed by atoms with van der Waals surface area (Å²) in [7, 11) is 0. The molecule has 0 spiro atoms. The van der Waals surface area contributed by atoms with Gasteiger partial charge in [-0.15, -0.1) is 0 Å². The molecule has 0 fully saturated rings. The minimum absolute atomic E-state index is 0.0132. The quantitative estimate of drug-likeness (QED) is 0.752. The number of halogens is 1. The molecular weight excluding hydrogens is 275 g/mol. The largest absolute Gasteiger partial charge is 0.481 e. The van der Waals surface area contributed by atoms with E-state index in [1.165, 1.54) is 12.1 Å². The van der Waals surface area contributed by atoms with E-state index in [1.807, 2.05) is 20.8 Å². The number of carbonyl (C=O) groups excluding carboxylic acids is 1. The summed E-state index contributed by atoms with van der Waals surface area (Å²) in [5.41, 5.74) is 5.49. The lowest BCUT2D eigenvalue weighted by Gasteiger charge is -2.27. The Morgan fingerprint density at radius 2 is 2.00 bits per heavy atom.